The fourth-order valence-electron chi connectivity index (χ4n) is 4.16. The minimum Gasteiger partial charge on any atom is -0.466 e. The lowest BCUT2D eigenvalue weighted by Crippen LogP contribution is -2.41. The predicted octanol–water partition coefficient (Wildman–Crippen LogP) is 4.97. The van der Waals surface area contributed by atoms with Crippen molar-refractivity contribution < 1.29 is 19.1 Å². The third-order valence-electron chi connectivity index (χ3n) is 5.76. The topological polar surface area (TPSA) is 66.9 Å². The lowest BCUT2D eigenvalue weighted by Gasteiger charge is -2.30. The van der Waals surface area contributed by atoms with Crippen LogP contribution in [0.15, 0.2) is 78.9 Å². The molecule has 0 N–H and O–H groups in total. The minimum atomic E-state index is -0.626. The van der Waals surface area contributed by atoms with Crippen LogP contribution in [0.2, 0.25) is 0 Å². The van der Waals surface area contributed by atoms with Crippen LogP contribution in [-0.2, 0) is 20.9 Å². The molecule has 3 aromatic carbocycles. The molecule has 0 fully saturated rings. The van der Waals surface area contributed by atoms with E-state index >= 15 is 0 Å². The summed E-state index contributed by atoms with van der Waals surface area (Å²) in [5.74, 6) is -0.901. The van der Waals surface area contributed by atoms with Gasteiger partial charge in [-0.1, -0.05) is 60.7 Å². The zero-order valence-corrected chi connectivity index (χ0v) is 21.0. The van der Waals surface area contributed by atoms with Gasteiger partial charge >= 0.3 is 5.97 Å². The Hall–Kier alpha value is -3.20. The van der Waals surface area contributed by atoms with E-state index in [1.807, 2.05) is 72.8 Å². The Bertz CT molecular complexity index is 1180. The second-order valence-electron chi connectivity index (χ2n) is 8.00. The molecule has 0 bridgehead atoms. The number of ether oxygens (including phenoxy) is 1. The Morgan fingerprint density at radius 2 is 1.68 bits per heavy atom. The van der Waals surface area contributed by atoms with Crippen molar-refractivity contribution in [2.75, 3.05) is 18.1 Å². The van der Waals surface area contributed by atoms with Crippen molar-refractivity contribution in [2.45, 2.75) is 25.9 Å². The zero-order valence-electron chi connectivity index (χ0n) is 18.8. The van der Waals surface area contributed by atoms with Crippen molar-refractivity contribution in [1.82, 2.24) is 4.90 Å². The van der Waals surface area contributed by atoms with E-state index in [1.165, 1.54) is 4.90 Å². The normalized spacial score (nSPS) is 14.4. The van der Waals surface area contributed by atoms with Crippen LogP contribution in [-0.4, -0.2) is 35.8 Å². The van der Waals surface area contributed by atoms with Gasteiger partial charge in [0.15, 0.2) is 0 Å². The highest BCUT2D eigenvalue weighted by molar-refractivity contribution is 14.1. The maximum Gasteiger partial charge on any atom is 0.308 e. The first-order valence-corrected chi connectivity index (χ1v) is 12.2. The summed E-state index contributed by atoms with van der Waals surface area (Å²) in [4.78, 5) is 43.1. The molecule has 1 aliphatic heterocycles. The van der Waals surface area contributed by atoms with Gasteiger partial charge in [0.1, 0.15) is 6.54 Å². The molecular weight excluding hydrogens is 543 g/mol. The van der Waals surface area contributed by atoms with E-state index in [-0.39, 0.29) is 31.4 Å². The molecule has 7 heteroatoms. The maximum absolute atomic E-state index is 13.9. The van der Waals surface area contributed by atoms with Gasteiger partial charge in [-0.25, -0.2) is 0 Å². The SMILES string of the molecule is CCOC(=O)CC(c1ccccc1)N1CC(=O)N(Cc2ccccc2)c2ccc(I)cc2C1=O. The van der Waals surface area contributed by atoms with Crippen molar-refractivity contribution in [3.8, 4) is 0 Å². The summed E-state index contributed by atoms with van der Waals surface area (Å²) in [5.41, 5.74) is 2.76. The standard InChI is InChI=1S/C27H25IN2O4/c1-2-34-26(32)16-24(20-11-7-4-8-12-20)30-18-25(31)29(17-19-9-5-3-6-10-19)23-14-13-21(28)15-22(23)27(30)33/h3-15,24H,2,16-18H2,1H3. The summed E-state index contributed by atoms with van der Waals surface area (Å²) in [7, 11) is 0. The number of carbonyl (C=O) groups is 3. The van der Waals surface area contributed by atoms with E-state index in [0.29, 0.717) is 17.8 Å². The van der Waals surface area contributed by atoms with Crippen LogP contribution in [0.1, 0.15) is 40.9 Å². The van der Waals surface area contributed by atoms with Gasteiger partial charge in [0.2, 0.25) is 5.91 Å². The van der Waals surface area contributed by atoms with Crippen molar-refractivity contribution in [2.24, 2.45) is 0 Å². The van der Waals surface area contributed by atoms with E-state index in [9.17, 15) is 14.4 Å². The number of benzene rings is 3. The highest BCUT2D eigenvalue weighted by atomic mass is 127. The lowest BCUT2D eigenvalue weighted by molar-refractivity contribution is -0.144. The molecule has 0 saturated heterocycles. The van der Waals surface area contributed by atoms with Crippen LogP contribution in [0.3, 0.4) is 0 Å². The first-order valence-electron chi connectivity index (χ1n) is 11.1. The van der Waals surface area contributed by atoms with E-state index in [2.05, 4.69) is 22.6 Å². The van der Waals surface area contributed by atoms with E-state index < -0.39 is 12.0 Å². The van der Waals surface area contributed by atoms with Gasteiger partial charge in [-0.05, 0) is 58.8 Å². The summed E-state index contributed by atoms with van der Waals surface area (Å²) < 4.78 is 6.08. The number of hydrogen-bond acceptors (Lipinski definition) is 4. The molecule has 1 atom stereocenters. The summed E-state index contributed by atoms with van der Waals surface area (Å²) in [6.45, 7) is 2.20. The van der Waals surface area contributed by atoms with E-state index in [4.69, 9.17) is 4.74 Å². The molecule has 2 amide bonds. The van der Waals surface area contributed by atoms with Gasteiger partial charge in [-0.2, -0.15) is 0 Å². The van der Waals surface area contributed by atoms with E-state index in [1.54, 1.807) is 17.9 Å². The quantitative estimate of drug-likeness (QED) is 0.298. The second-order valence-corrected chi connectivity index (χ2v) is 9.24. The molecule has 1 heterocycles. The molecule has 0 aliphatic carbocycles. The van der Waals surface area contributed by atoms with Gasteiger partial charge in [0, 0.05) is 3.57 Å². The zero-order chi connectivity index (χ0) is 24.1. The predicted molar refractivity (Wildman–Crippen MR) is 138 cm³/mol. The molecule has 1 aliphatic rings. The largest absolute Gasteiger partial charge is 0.466 e. The van der Waals surface area contributed by atoms with Crippen molar-refractivity contribution >= 4 is 46.1 Å². The van der Waals surface area contributed by atoms with E-state index in [0.717, 1.165) is 14.7 Å². The minimum absolute atomic E-state index is 0.0329. The number of amides is 2. The number of esters is 1. The average Bonchev–Trinajstić information content (AvgIpc) is 2.94. The molecule has 3 aromatic rings. The highest BCUT2D eigenvalue weighted by Gasteiger charge is 2.37. The van der Waals surface area contributed by atoms with Crippen LogP contribution in [0, 0.1) is 3.57 Å². The highest BCUT2D eigenvalue weighted by Crippen LogP contribution is 2.34. The first kappa shape index (κ1) is 23.9. The van der Waals surface area contributed by atoms with Crippen molar-refractivity contribution in [3.05, 3.63) is 99.1 Å². The number of nitrogens with zero attached hydrogens (tertiary/aromatic N) is 2. The van der Waals surface area contributed by atoms with Crippen LogP contribution in [0.4, 0.5) is 5.69 Å². The Labute approximate surface area is 212 Å². The molecule has 6 nitrogen and oxygen atoms in total. The summed E-state index contributed by atoms with van der Waals surface area (Å²) in [6, 6.07) is 23.9. The molecule has 0 saturated carbocycles. The van der Waals surface area contributed by atoms with Crippen LogP contribution in [0.5, 0.6) is 0 Å². The molecule has 0 spiro atoms. The third-order valence-corrected chi connectivity index (χ3v) is 6.43. The summed E-state index contributed by atoms with van der Waals surface area (Å²) in [5, 5.41) is 0. The molecule has 174 valence electrons. The van der Waals surface area contributed by atoms with Gasteiger partial charge in [-0.3, -0.25) is 14.4 Å². The molecular formula is C27H25IN2O4. The van der Waals surface area contributed by atoms with Gasteiger partial charge < -0.3 is 14.5 Å². The number of hydrogen-bond donors (Lipinski definition) is 0. The molecule has 0 aromatic heterocycles. The Kier molecular flexibility index (Phi) is 7.62. The number of carbonyl (C=O) groups excluding carboxylic acids is 3. The van der Waals surface area contributed by atoms with Gasteiger partial charge in [0.25, 0.3) is 5.91 Å². The van der Waals surface area contributed by atoms with Gasteiger partial charge in [0.05, 0.1) is 36.9 Å². The monoisotopic (exact) mass is 568 g/mol. The van der Waals surface area contributed by atoms with Crippen LogP contribution < -0.4 is 4.90 Å². The van der Waals surface area contributed by atoms with Crippen molar-refractivity contribution in [1.29, 1.82) is 0 Å². The number of rotatable bonds is 7. The van der Waals surface area contributed by atoms with Crippen LogP contribution in [0.25, 0.3) is 0 Å². The third kappa shape index (κ3) is 5.30. The fourth-order valence-corrected chi connectivity index (χ4v) is 4.65. The van der Waals surface area contributed by atoms with Crippen molar-refractivity contribution in [3.63, 3.8) is 0 Å². The smallest absolute Gasteiger partial charge is 0.308 e. The van der Waals surface area contributed by atoms with Crippen LogP contribution >= 0.6 is 22.6 Å². The Balaban J connectivity index is 1.77. The number of anilines is 1. The van der Waals surface area contributed by atoms with Gasteiger partial charge in [-0.15, -0.1) is 0 Å². The maximum atomic E-state index is 13.9. The molecule has 0 radical (unpaired) electrons. The summed E-state index contributed by atoms with van der Waals surface area (Å²) >= 11 is 2.16. The molecule has 1 unspecified atom stereocenters. The first-order chi connectivity index (χ1) is 16.5. The average molecular weight is 568 g/mol. The fraction of sp³-hybridized carbons (Fsp3) is 0.222. The molecule has 34 heavy (non-hydrogen) atoms. The summed E-state index contributed by atoms with van der Waals surface area (Å²) in [6.07, 6.45) is -0.0329. The molecule has 4 rings (SSSR count). The number of fused-ring (bicyclic) bond motifs is 1. The lowest BCUT2D eigenvalue weighted by atomic mass is 10.0. The Morgan fingerprint density at radius 3 is 2.35 bits per heavy atom. The Morgan fingerprint density at radius 1 is 1.00 bits per heavy atom. The number of halogens is 1. The second kappa shape index (κ2) is 10.8.